The highest BCUT2D eigenvalue weighted by Gasteiger charge is 2.37. The molecule has 1 atom stereocenters. The second-order valence-electron chi connectivity index (χ2n) is 6.00. The summed E-state index contributed by atoms with van der Waals surface area (Å²) in [5.41, 5.74) is 2.80. The molecule has 0 fully saturated rings. The van der Waals surface area contributed by atoms with Crippen LogP contribution in [0.2, 0.25) is 0 Å². The Kier molecular flexibility index (Phi) is 5.34. The van der Waals surface area contributed by atoms with Crippen LogP contribution in [0.25, 0.3) is 0 Å². The van der Waals surface area contributed by atoms with Crippen LogP contribution in [-0.2, 0) is 4.79 Å². The maximum Gasteiger partial charge on any atom is 0.174 e. The van der Waals surface area contributed by atoms with Gasteiger partial charge in [0.1, 0.15) is 0 Å². The van der Waals surface area contributed by atoms with E-state index < -0.39 is 0 Å². The number of nitrogens with one attached hydrogen (secondary N) is 1. The minimum absolute atomic E-state index is 0.186. The number of allylic oxidation sites excluding steroid dienone is 1. The molecule has 5 nitrogen and oxygen atoms in total. The smallest absolute Gasteiger partial charge is 0.174 e. The molecule has 25 heavy (non-hydrogen) atoms. The van der Waals surface area contributed by atoms with E-state index in [9.17, 15) is 4.79 Å². The van der Waals surface area contributed by atoms with Gasteiger partial charge in [0.05, 0.1) is 24.7 Å². The summed E-state index contributed by atoms with van der Waals surface area (Å²) in [5, 5.41) is 4.00. The average Bonchev–Trinajstić information content (AvgIpc) is 2.60. The number of thiocarbonyl (C=S) groups is 1. The van der Waals surface area contributed by atoms with E-state index in [4.69, 9.17) is 21.7 Å². The predicted molar refractivity (Wildman–Crippen MR) is 104 cm³/mol. The standard InChI is InChI=1S/C18H21BrN2O3S/c1-4-21-12-6-5-7-13(22)15(12)16(20-18(21)25)10-8-11(19)17(24-3)14(9-10)23-2/h8-9,16H,4-7H2,1-3H3,(H,20,25). The van der Waals surface area contributed by atoms with Gasteiger partial charge < -0.3 is 19.7 Å². The van der Waals surface area contributed by atoms with E-state index in [0.29, 0.717) is 23.0 Å². The van der Waals surface area contributed by atoms with Gasteiger partial charge in [-0.25, -0.2) is 0 Å². The monoisotopic (exact) mass is 424 g/mol. The lowest BCUT2D eigenvalue weighted by Gasteiger charge is -2.40. The number of nitrogens with zero attached hydrogens (tertiary/aromatic N) is 1. The maximum absolute atomic E-state index is 12.7. The Morgan fingerprint density at radius 3 is 2.72 bits per heavy atom. The summed E-state index contributed by atoms with van der Waals surface area (Å²) in [7, 11) is 3.20. The summed E-state index contributed by atoms with van der Waals surface area (Å²) < 4.78 is 11.6. The van der Waals surface area contributed by atoms with Gasteiger partial charge in [-0.2, -0.15) is 0 Å². The number of methoxy groups -OCH3 is 2. The van der Waals surface area contributed by atoms with Crippen LogP contribution in [0, 0.1) is 0 Å². The fourth-order valence-electron chi connectivity index (χ4n) is 3.54. The van der Waals surface area contributed by atoms with E-state index in [1.54, 1.807) is 14.2 Å². The van der Waals surface area contributed by atoms with Crippen LogP contribution in [0.4, 0.5) is 0 Å². The summed E-state index contributed by atoms with van der Waals surface area (Å²) >= 11 is 9.09. The molecule has 134 valence electrons. The van der Waals surface area contributed by atoms with Gasteiger partial charge in [-0.3, -0.25) is 4.79 Å². The molecule has 3 rings (SSSR count). The third-order valence-corrected chi connectivity index (χ3v) is 5.59. The number of carbonyl (C=O) groups is 1. The molecule has 2 aliphatic rings. The lowest BCUT2D eigenvalue weighted by atomic mass is 9.84. The molecule has 1 aromatic rings. The molecule has 1 N–H and O–H groups in total. The van der Waals surface area contributed by atoms with Gasteiger partial charge in [0.2, 0.25) is 0 Å². The van der Waals surface area contributed by atoms with Crippen molar-refractivity contribution in [2.24, 2.45) is 0 Å². The topological polar surface area (TPSA) is 50.8 Å². The average molecular weight is 425 g/mol. The Balaban J connectivity index is 2.14. The number of rotatable bonds is 4. The number of ether oxygens (including phenoxy) is 2. The van der Waals surface area contributed by atoms with Crippen molar-refractivity contribution in [3.8, 4) is 11.5 Å². The second-order valence-corrected chi connectivity index (χ2v) is 7.24. The highest BCUT2D eigenvalue weighted by molar-refractivity contribution is 9.10. The summed E-state index contributed by atoms with van der Waals surface area (Å²) in [6.07, 6.45) is 2.33. The molecule has 0 radical (unpaired) electrons. The number of hydrogen-bond donors (Lipinski definition) is 1. The molecular formula is C18H21BrN2O3S. The molecule has 1 heterocycles. The highest BCUT2D eigenvalue weighted by atomic mass is 79.9. The summed E-state index contributed by atoms with van der Waals surface area (Å²) in [6.45, 7) is 2.80. The van der Waals surface area contributed by atoms with Gasteiger partial charge in [0.25, 0.3) is 0 Å². The molecule has 7 heteroatoms. The minimum atomic E-state index is -0.269. The number of halogens is 1. The number of ketones is 1. The Morgan fingerprint density at radius 1 is 1.32 bits per heavy atom. The van der Waals surface area contributed by atoms with Gasteiger partial charge in [-0.15, -0.1) is 0 Å². The first kappa shape index (κ1) is 18.2. The minimum Gasteiger partial charge on any atom is -0.493 e. The van der Waals surface area contributed by atoms with E-state index >= 15 is 0 Å². The summed E-state index contributed by atoms with van der Waals surface area (Å²) in [6, 6.07) is 3.59. The number of carbonyl (C=O) groups excluding carboxylic acids is 1. The normalized spacial score (nSPS) is 20.3. The van der Waals surface area contributed by atoms with Crippen LogP contribution >= 0.6 is 28.1 Å². The van der Waals surface area contributed by atoms with Gasteiger partial charge in [-0.1, -0.05) is 0 Å². The molecule has 1 aliphatic heterocycles. The van der Waals surface area contributed by atoms with Crippen molar-refractivity contribution in [1.29, 1.82) is 0 Å². The van der Waals surface area contributed by atoms with Crippen LogP contribution < -0.4 is 14.8 Å². The van der Waals surface area contributed by atoms with Crippen molar-refractivity contribution in [1.82, 2.24) is 10.2 Å². The first-order valence-corrected chi connectivity index (χ1v) is 9.47. The van der Waals surface area contributed by atoms with E-state index in [1.807, 2.05) is 24.0 Å². The fraction of sp³-hybridized carbons (Fsp3) is 0.444. The van der Waals surface area contributed by atoms with Crippen molar-refractivity contribution in [2.75, 3.05) is 20.8 Å². The third kappa shape index (κ3) is 3.15. The Morgan fingerprint density at radius 2 is 2.08 bits per heavy atom. The van der Waals surface area contributed by atoms with Gasteiger partial charge >= 0.3 is 0 Å². The molecule has 1 aliphatic carbocycles. The summed E-state index contributed by atoms with van der Waals surface area (Å²) in [4.78, 5) is 14.7. The zero-order chi connectivity index (χ0) is 18.1. The summed E-state index contributed by atoms with van der Waals surface area (Å²) in [5.74, 6) is 1.43. The first-order valence-electron chi connectivity index (χ1n) is 8.27. The molecule has 0 bridgehead atoms. The molecule has 0 saturated heterocycles. The molecule has 0 saturated carbocycles. The van der Waals surface area contributed by atoms with Gasteiger partial charge in [0.15, 0.2) is 22.4 Å². The van der Waals surface area contributed by atoms with E-state index in [1.165, 1.54) is 0 Å². The number of Topliss-reactive ketones (excluding diaryl/α,β-unsaturated/α-hetero) is 1. The lowest BCUT2D eigenvalue weighted by Crippen LogP contribution is -2.49. The lowest BCUT2D eigenvalue weighted by molar-refractivity contribution is -0.116. The van der Waals surface area contributed by atoms with Gasteiger partial charge in [-0.05, 0) is 65.6 Å². The van der Waals surface area contributed by atoms with Gasteiger partial charge in [0, 0.05) is 24.2 Å². The Hall–Kier alpha value is -1.60. The van der Waals surface area contributed by atoms with Crippen LogP contribution in [0.1, 0.15) is 37.8 Å². The van der Waals surface area contributed by atoms with Crippen LogP contribution in [0.15, 0.2) is 27.9 Å². The Labute approximate surface area is 161 Å². The van der Waals surface area contributed by atoms with Crippen molar-refractivity contribution in [3.05, 3.63) is 33.4 Å². The molecule has 0 spiro atoms. The second kappa shape index (κ2) is 7.33. The molecule has 1 unspecified atom stereocenters. The Bertz CT molecular complexity index is 763. The van der Waals surface area contributed by atoms with E-state index in [-0.39, 0.29) is 11.8 Å². The molecule has 0 amide bonds. The SMILES string of the molecule is CCN1C(=S)NC(c2cc(Br)c(OC)c(OC)c2)C2=C1CCCC2=O. The number of benzene rings is 1. The number of hydrogen-bond acceptors (Lipinski definition) is 4. The van der Waals surface area contributed by atoms with Crippen LogP contribution in [-0.4, -0.2) is 36.6 Å². The fourth-order valence-corrected chi connectivity index (χ4v) is 4.52. The van der Waals surface area contributed by atoms with Crippen molar-refractivity contribution in [2.45, 2.75) is 32.2 Å². The molecule has 1 aromatic carbocycles. The highest BCUT2D eigenvalue weighted by Crippen LogP contribution is 2.42. The third-order valence-electron chi connectivity index (χ3n) is 4.66. The van der Waals surface area contributed by atoms with Crippen molar-refractivity contribution in [3.63, 3.8) is 0 Å². The maximum atomic E-state index is 12.7. The van der Waals surface area contributed by atoms with Crippen molar-refractivity contribution >= 4 is 39.0 Å². The van der Waals surface area contributed by atoms with Crippen LogP contribution in [0.3, 0.4) is 0 Å². The van der Waals surface area contributed by atoms with E-state index in [2.05, 4.69) is 21.2 Å². The predicted octanol–water partition coefficient (Wildman–Crippen LogP) is 3.72. The van der Waals surface area contributed by atoms with Crippen molar-refractivity contribution < 1.29 is 14.3 Å². The zero-order valence-corrected chi connectivity index (χ0v) is 16.9. The first-order chi connectivity index (χ1) is 12.0. The molecular weight excluding hydrogens is 404 g/mol. The molecule has 0 aromatic heterocycles. The quantitative estimate of drug-likeness (QED) is 0.743. The van der Waals surface area contributed by atoms with Crippen LogP contribution in [0.5, 0.6) is 11.5 Å². The van der Waals surface area contributed by atoms with E-state index in [0.717, 1.165) is 40.7 Å². The largest absolute Gasteiger partial charge is 0.493 e. The zero-order valence-electron chi connectivity index (χ0n) is 14.5.